The number of methoxy groups -OCH3 is 1. The maximum absolute atomic E-state index is 12.2. The average molecular weight is 296 g/mol. The lowest BCUT2D eigenvalue weighted by Gasteiger charge is -2.08. The molecule has 5 nitrogen and oxygen atoms in total. The summed E-state index contributed by atoms with van der Waals surface area (Å²) >= 11 is 0. The largest absolute Gasteiger partial charge is 0.506 e. The molecule has 0 aliphatic carbocycles. The molecule has 0 bridgehead atoms. The highest BCUT2D eigenvalue weighted by molar-refractivity contribution is 6.35. The molecular weight excluding hydrogens is 280 g/mol. The number of carbonyl (C=O) groups is 1. The van der Waals surface area contributed by atoms with Crippen LogP contribution >= 0.6 is 0 Å². The number of nitrogens with one attached hydrogen (secondary N) is 1. The molecule has 2 N–H and O–H groups in total. The summed E-state index contributed by atoms with van der Waals surface area (Å²) in [4.78, 5) is 16.5. The number of aryl methyl sites for hydroxylation is 1. The zero-order valence-corrected chi connectivity index (χ0v) is 12.6. The fourth-order valence-corrected chi connectivity index (χ4v) is 2.59. The van der Waals surface area contributed by atoms with Gasteiger partial charge in [-0.2, -0.15) is 0 Å². The van der Waals surface area contributed by atoms with Gasteiger partial charge in [0.2, 0.25) is 0 Å². The topological polar surface area (TPSA) is 71.5 Å². The second-order valence-electron chi connectivity index (χ2n) is 5.18. The second-order valence-corrected chi connectivity index (χ2v) is 5.18. The van der Waals surface area contributed by atoms with Gasteiger partial charge in [0.25, 0.3) is 5.91 Å². The molecule has 112 valence electrons. The van der Waals surface area contributed by atoms with Crippen LogP contribution < -0.4 is 10.1 Å². The number of rotatable bonds is 2. The van der Waals surface area contributed by atoms with Gasteiger partial charge in [-0.15, -0.1) is 0 Å². The molecule has 0 saturated carbocycles. The van der Waals surface area contributed by atoms with Crippen molar-refractivity contribution >= 4 is 23.4 Å². The Morgan fingerprint density at radius 1 is 1.32 bits per heavy atom. The van der Waals surface area contributed by atoms with Crippen LogP contribution in [-0.4, -0.2) is 23.1 Å². The van der Waals surface area contributed by atoms with E-state index in [1.54, 1.807) is 27.0 Å². The first-order chi connectivity index (χ1) is 10.5. The second kappa shape index (κ2) is 5.18. The Balaban J connectivity index is 2.16. The molecule has 1 amide bonds. The first-order valence-electron chi connectivity index (χ1n) is 6.89. The molecule has 0 fully saturated rings. The van der Waals surface area contributed by atoms with Gasteiger partial charge in [-0.3, -0.25) is 4.79 Å². The third-order valence-electron chi connectivity index (χ3n) is 3.74. The number of fused-ring (bicyclic) bond motifs is 1. The molecular formula is C17H16N2O3. The molecule has 0 spiro atoms. The minimum atomic E-state index is -0.224. The van der Waals surface area contributed by atoms with Crippen LogP contribution in [-0.2, 0) is 4.79 Å². The third kappa shape index (κ3) is 2.20. The van der Waals surface area contributed by atoms with Gasteiger partial charge in [0, 0.05) is 11.1 Å². The Labute approximate surface area is 128 Å². The lowest BCUT2D eigenvalue weighted by Crippen LogP contribution is -2.04. The lowest BCUT2D eigenvalue weighted by molar-refractivity contribution is -0.110. The van der Waals surface area contributed by atoms with Gasteiger partial charge >= 0.3 is 0 Å². The molecule has 1 aromatic carbocycles. The summed E-state index contributed by atoms with van der Waals surface area (Å²) in [5.74, 6) is 1.10. The van der Waals surface area contributed by atoms with Crippen molar-refractivity contribution in [2.45, 2.75) is 13.8 Å². The van der Waals surface area contributed by atoms with Crippen molar-refractivity contribution in [1.82, 2.24) is 4.98 Å². The van der Waals surface area contributed by atoms with E-state index >= 15 is 0 Å². The number of benzene rings is 1. The third-order valence-corrected chi connectivity index (χ3v) is 3.74. The molecule has 2 aromatic rings. The van der Waals surface area contributed by atoms with E-state index in [1.807, 2.05) is 24.3 Å². The monoisotopic (exact) mass is 296 g/mol. The molecule has 1 aliphatic rings. The number of amides is 1. The molecule has 0 radical (unpaired) electrons. The Morgan fingerprint density at radius 3 is 2.82 bits per heavy atom. The number of anilines is 1. The van der Waals surface area contributed by atoms with Gasteiger partial charge in [0.1, 0.15) is 17.3 Å². The molecule has 1 aromatic heterocycles. The van der Waals surface area contributed by atoms with Crippen LogP contribution in [0, 0.1) is 13.8 Å². The minimum absolute atomic E-state index is 0.117. The van der Waals surface area contributed by atoms with E-state index in [0.29, 0.717) is 28.2 Å². The van der Waals surface area contributed by atoms with E-state index in [9.17, 15) is 9.90 Å². The zero-order chi connectivity index (χ0) is 15.9. The Kier molecular flexibility index (Phi) is 3.33. The van der Waals surface area contributed by atoms with Crippen molar-refractivity contribution in [2.75, 3.05) is 12.4 Å². The lowest BCUT2D eigenvalue weighted by atomic mass is 10.00. The van der Waals surface area contributed by atoms with Gasteiger partial charge in [0.15, 0.2) is 0 Å². The van der Waals surface area contributed by atoms with Crippen molar-refractivity contribution < 1.29 is 14.6 Å². The SMILES string of the molecule is COc1cccc(/C=C2\C(=O)Nc3nc(C)c(O)c(C)c32)c1. The van der Waals surface area contributed by atoms with E-state index in [4.69, 9.17) is 4.74 Å². The quantitative estimate of drug-likeness (QED) is 0.836. The Morgan fingerprint density at radius 2 is 2.09 bits per heavy atom. The molecule has 1 aliphatic heterocycles. The number of hydrogen-bond donors (Lipinski definition) is 2. The van der Waals surface area contributed by atoms with E-state index in [-0.39, 0.29) is 11.7 Å². The van der Waals surface area contributed by atoms with Crippen LogP contribution in [0.5, 0.6) is 11.5 Å². The van der Waals surface area contributed by atoms with Crippen molar-refractivity contribution in [1.29, 1.82) is 0 Å². The summed E-state index contributed by atoms with van der Waals surface area (Å²) in [6.45, 7) is 3.49. The van der Waals surface area contributed by atoms with Gasteiger partial charge in [-0.1, -0.05) is 12.1 Å². The summed E-state index contributed by atoms with van der Waals surface area (Å²) in [7, 11) is 1.60. The summed E-state index contributed by atoms with van der Waals surface area (Å²) in [6, 6.07) is 7.43. The number of aromatic nitrogens is 1. The predicted octanol–water partition coefficient (Wildman–Crippen LogP) is 2.91. The molecule has 0 saturated heterocycles. The first kappa shape index (κ1) is 14.1. The Hall–Kier alpha value is -2.82. The maximum atomic E-state index is 12.2. The number of nitrogens with zero attached hydrogens (tertiary/aromatic N) is 1. The van der Waals surface area contributed by atoms with Gasteiger partial charge < -0.3 is 15.2 Å². The fraction of sp³-hybridized carbons (Fsp3) is 0.176. The molecule has 0 atom stereocenters. The maximum Gasteiger partial charge on any atom is 0.257 e. The van der Waals surface area contributed by atoms with E-state index < -0.39 is 0 Å². The first-order valence-corrected chi connectivity index (χ1v) is 6.89. The predicted molar refractivity (Wildman–Crippen MR) is 84.9 cm³/mol. The summed E-state index contributed by atoms with van der Waals surface area (Å²) < 4.78 is 5.19. The van der Waals surface area contributed by atoms with Crippen LogP contribution in [0.4, 0.5) is 5.82 Å². The van der Waals surface area contributed by atoms with Crippen LogP contribution in [0.3, 0.4) is 0 Å². The van der Waals surface area contributed by atoms with Gasteiger partial charge in [0.05, 0.1) is 18.4 Å². The van der Waals surface area contributed by atoms with Gasteiger partial charge in [-0.25, -0.2) is 4.98 Å². The molecule has 5 heteroatoms. The molecule has 3 rings (SSSR count). The van der Waals surface area contributed by atoms with E-state index in [2.05, 4.69) is 10.3 Å². The van der Waals surface area contributed by atoms with Crippen molar-refractivity contribution in [2.24, 2.45) is 0 Å². The van der Waals surface area contributed by atoms with Crippen molar-refractivity contribution in [3.05, 3.63) is 46.6 Å². The number of pyridine rings is 1. The highest BCUT2D eigenvalue weighted by Gasteiger charge is 2.29. The van der Waals surface area contributed by atoms with Gasteiger partial charge in [-0.05, 0) is 37.6 Å². The fourth-order valence-electron chi connectivity index (χ4n) is 2.59. The van der Waals surface area contributed by atoms with E-state index in [1.165, 1.54) is 0 Å². The number of hydrogen-bond acceptors (Lipinski definition) is 4. The summed E-state index contributed by atoms with van der Waals surface area (Å²) in [5, 5.41) is 12.8. The minimum Gasteiger partial charge on any atom is -0.506 e. The normalized spacial score (nSPS) is 14.9. The van der Waals surface area contributed by atoms with E-state index in [0.717, 1.165) is 11.3 Å². The summed E-state index contributed by atoms with van der Waals surface area (Å²) in [5.41, 5.74) is 3.13. The highest BCUT2D eigenvalue weighted by Crippen LogP contribution is 2.39. The highest BCUT2D eigenvalue weighted by atomic mass is 16.5. The van der Waals surface area contributed by atoms with Crippen LogP contribution in [0.15, 0.2) is 24.3 Å². The molecule has 22 heavy (non-hydrogen) atoms. The number of carbonyl (C=O) groups excluding carboxylic acids is 1. The van der Waals surface area contributed by atoms with Crippen LogP contribution in [0.25, 0.3) is 11.6 Å². The number of aromatic hydroxyl groups is 1. The van der Waals surface area contributed by atoms with Crippen molar-refractivity contribution in [3.63, 3.8) is 0 Å². The van der Waals surface area contributed by atoms with Crippen LogP contribution in [0.2, 0.25) is 0 Å². The molecule has 0 unspecified atom stereocenters. The van der Waals surface area contributed by atoms with Crippen molar-refractivity contribution in [3.8, 4) is 11.5 Å². The molecule has 2 heterocycles. The number of ether oxygens (including phenoxy) is 1. The van der Waals surface area contributed by atoms with Crippen LogP contribution in [0.1, 0.15) is 22.4 Å². The summed E-state index contributed by atoms with van der Waals surface area (Å²) in [6.07, 6.45) is 1.77. The zero-order valence-electron chi connectivity index (χ0n) is 12.6. The Bertz CT molecular complexity index is 810. The standard InChI is InChI=1S/C17H16N2O3/c1-9-14-13(8-11-5-4-6-12(7-11)22-3)17(21)19-16(14)18-10(2)15(9)20/h4-8,20H,1-3H3,(H,18,19,21)/b13-8-. The smallest absolute Gasteiger partial charge is 0.257 e. The average Bonchev–Trinajstić information content (AvgIpc) is 2.81.